The Morgan fingerprint density at radius 2 is 1.91 bits per heavy atom. The number of hydrogen-bond acceptors (Lipinski definition) is 4. The van der Waals surface area contributed by atoms with E-state index in [1.165, 1.54) is 16.4 Å². The molecule has 0 bridgehead atoms. The smallest absolute Gasteiger partial charge is 0.335 e. The summed E-state index contributed by atoms with van der Waals surface area (Å²) in [6.45, 7) is 2.41. The van der Waals surface area contributed by atoms with Crippen LogP contribution in [0.2, 0.25) is 0 Å². The van der Waals surface area contributed by atoms with Crippen molar-refractivity contribution in [3.63, 3.8) is 0 Å². The summed E-state index contributed by atoms with van der Waals surface area (Å²) in [6, 6.07) is 4.14. The second-order valence-electron chi connectivity index (χ2n) is 5.83. The van der Waals surface area contributed by atoms with Crippen LogP contribution < -0.4 is 5.32 Å². The van der Waals surface area contributed by atoms with Crippen LogP contribution in [0.4, 0.5) is 0 Å². The SMILES string of the molecule is Cc1cc(C(=O)O)cc(C(=O)NC2CCCN(S(C)(=O)=O)C2)c1. The summed E-state index contributed by atoms with van der Waals surface area (Å²) in [7, 11) is -3.28. The third-order valence-corrected chi connectivity index (χ3v) is 5.04. The Bertz CT molecular complexity index is 729. The van der Waals surface area contributed by atoms with Crippen molar-refractivity contribution in [3.05, 3.63) is 34.9 Å². The highest BCUT2D eigenvalue weighted by Crippen LogP contribution is 2.15. The minimum atomic E-state index is -3.28. The number of piperidine rings is 1. The van der Waals surface area contributed by atoms with Gasteiger partial charge >= 0.3 is 5.97 Å². The minimum absolute atomic E-state index is 0.0524. The summed E-state index contributed by atoms with van der Waals surface area (Å²) in [4.78, 5) is 23.4. The van der Waals surface area contributed by atoms with E-state index in [4.69, 9.17) is 5.11 Å². The number of aryl methyl sites for hydroxylation is 1. The van der Waals surface area contributed by atoms with E-state index in [9.17, 15) is 18.0 Å². The zero-order valence-corrected chi connectivity index (χ0v) is 13.9. The first-order chi connectivity index (χ1) is 10.7. The summed E-state index contributed by atoms with van der Waals surface area (Å²) in [5, 5.41) is 11.8. The first kappa shape index (κ1) is 17.4. The van der Waals surface area contributed by atoms with Gasteiger partial charge in [0.25, 0.3) is 5.91 Å². The van der Waals surface area contributed by atoms with Crippen molar-refractivity contribution in [2.75, 3.05) is 19.3 Å². The highest BCUT2D eigenvalue weighted by molar-refractivity contribution is 7.88. The largest absolute Gasteiger partial charge is 0.478 e. The van der Waals surface area contributed by atoms with E-state index >= 15 is 0 Å². The van der Waals surface area contributed by atoms with Crippen molar-refractivity contribution >= 4 is 21.9 Å². The highest BCUT2D eigenvalue weighted by Gasteiger charge is 2.27. The van der Waals surface area contributed by atoms with Crippen molar-refractivity contribution in [1.29, 1.82) is 0 Å². The van der Waals surface area contributed by atoms with Gasteiger partial charge in [0.05, 0.1) is 11.8 Å². The van der Waals surface area contributed by atoms with Crippen LogP contribution in [0.3, 0.4) is 0 Å². The number of carboxylic acid groups (broad SMARTS) is 1. The van der Waals surface area contributed by atoms with Crippen LogP contribution in [0.1, 0.15) is 39.1 Å². The molecule has 1 fully saturated rings. The van der Waals surface area contributed by atoms with Gasteiger partial charge in [0.15, 0.2) is 0 Å². The maximum atomic E-state index is 12.3. The van der Waals surface area contributed by atoms with Crippen LogP contribution >= 0.6 is 0 Å². The third-order valence-electron chi connectivity index (χ3n) is 3.77. The number of nitrogens with zero attached hydrogens (tertiary/aromatic N) is 1. The molecule has 0 aliphatic carbocycles. The Kier molecular flexibility index (Phi) is 5.06. The molecule has 1 unspecified atom stereocenters. The molecule has 1 heterocycles. The van der Waals surface area contributed by atoms with Gasteiger partial charge in [-0.25, -0.2) is 17.5 Å². The molecule has 2 N–H and O–H groups in total. The molecule has 0 aromatic heterocycles. The number of nitrogens with one attached hydrogen (secondary N) is 1. The molecular formula is C15H20N2O5S. The predicted octanol–water partition coefficient (Wildman–Crippen LogP) is 0.847. The molecule has 1 amide bonds. The van der Waals surface area contributed by atoms with Gasteiger partial charge in [0.1, 0.15) is 0 Å². The summed E-state index contributed by atoms with van der Waals surface area (Å²) >= 11 is 0. The maximum Gasteiger partial charge on any atom is 0.335 e. The highest BCUT2D eigenvalue weighted by atomic mass is 32.2. The summed E-state index contributed by atoms with van der Waals surface area (Å²) in [5.41, 5.74) is 0.992. The Morgan fingerprint density at radius 3 is 2.52 bits per heavy atom. The van der Waals surface area contributed by atoms with Gasteiger partial charge in [-0.05, 0) is 43.5 Å². The van der Waals surface area contributed by atoms with Crippen molar-refractivity contribution in [1.82, 2.24) is 9.62 Å². The van der Waals surface area contributed by atoms with Crippen LogP contribution in [-0.4, -0.2) is 55.1 Å². The van der Waals surface area contributed by atoms with E-state index in [2.05, 4.69) is 5.32 Å². The number of rotatable bonds is 4. The number of carboxylic acids is 1. The molecule has 23 heavy (non-hydrogen) atoms. The van der Waals surface area contributed by atoms with Gasteiger partial charge in [-0.2, -0.15) is 0 Å². The normalized spacial score (nSPS) is 19.3. The van der Waals surface area contributed by atoms with Gasteiger partial charge < -0.3 is 10.4 Å². The molecule has 7 nitrogen and oxygen atoms in total. The molecule has 1 atom stereocenters. The molecule has 0 saturated carbocycles. The van der Waals surface area contributed by atoms with Crippen molar-refractivity contribution in [2.45, 2.75) is 25.8 Å². The summed E-state index contributed by atoms with van der Waals surface area (Å²) in [5.74, 6) is -1.49. The topological polar surface area (TPSA) is 104 Å². The zero-order valence-electron chi connectivity index (χ0n) is 13.1. The standard InChI is InChI=1S/C15H20N2O5S/c1-10-6-11(8-12(7-10)15(19)20)14(18)16-13-4-3-5-17(9-13)23(2,21)22/h6-8,13H,3-5,9H2,1-2H3,(H,16,18)(H,19,20). The fourth-order valence-corrected chi connectivity index (χ4v) is 3.58. The van der Waals surface area contributed by atoms with Gasteiger partial charge in [0, 0.05) is 24.7 Å². The molecule has 2 rings (SSSR count). The number of amides is 1. The maximum absolute atomic E-state index is 12.3. The Hall–Kier alpha value is -1.93. The van der Waals surface area contributed by atoms with Crippen molar-refractivity contribution in [3.8, 4) is 0 Å². The molecule has 0 radical (unpaired) electrons. The molecule has 1 aromatic carbocycles. The summed E-state index contributed by atoms with van der Waals surface area (Å²) in [6.07, 6.45) is 2.51. The van der Waals surface area contributed by atoms with E-state index in [0.717, 1.165) is 6.26 Å². The van der Waals surface area contributed by atoms with Gasteiger partial charge in [0.2, 0.25) is 10.0 Å². The van der Waals surface area contributed by atoms with Gasteiger partial charge in [-0.1, -0.05) is 0 Å². The fourth-order valence-electron chi connectivity index (χ4n) is 2.67. The molecule has 1 aromatic rings. The first-order valence-electron chi connectivity index (χ1n) is 7.28. The predicted molar refractivity (Wildman–Crippen MR) is 85.0 cm³/mol. The Balaban J connectivity index is 2.11. The number of benzene rings is 1. The monoisotopic (exact) mass is 340 g/mol. The number of hydrogen-bond donors (Lipinski definition) is 2. The molecule has 0 spiro atoms. The summed E-state index contributed by atoms with van der Waals surface area (Å²) < 4.78 is 24.5. The van der Waals surface area contributed by atoms with E-state index in [1.54, 1.807) is 13.0 Å². The average molecular weight is 340 g/mol. The second-order valence-corrected chi connectivity index (χ2v) is 7.81. The number of sulfonamides is 1. The zero-order chi connectivity index (χ0) is 17.2. The third kappa shape index (κ3) is 4.52. The number of aromatic carboxylic acids is 1. The molecular weight excluding hydrogens is 320 g/mol. The van der Waals surface area contributed by atoms with Crippen LogP contribution in [0.15, 0.2) is 18.2 Å². The van der Waals surface area contributed by atoms with E-state index in [1.807, 2.05) is 0 Å². The fraction of sp³-hybridized carbons (Fsp3) is 0.467. The quantitative estimate of drug-likeness (QED) is 0.845. The van der Waals surface area contributed by atoms with Gasteiger partial charge in [-0.15, -0.1) is 0 Å². The van der Waals surface area contributed by atoms with Crippen molar-refractivity contribution in [2.24, 2.45) is 0 Å². The Labute approximate surface area is 135 Å². The van der Waals surface area contributed by atoms with E-state index in [-0.39, 0.29) is 23.7 Å². The molecule has 1 aliphatic heterocycles. The second kappa shape index (κ2) is 6.67. The molecule has 126 valence electrons. The molecule has 1 aliphatic rings. The Morgan fingerprint density at radius 1 is 1.26 bits per heavy atom. The lowest BCUT2D eigenvalue weighted by Crippen LogP contribution is -2.49. The van der Waals surface area contributed by atoms with Crippen LogP contribution in [0, 0.1) is 6.92 Å². The first-order valence-corrected chi connectivity index (χ1v) is 9.12. The lowest BCUT2D eigenvalue weighted by atomic mass is 10.0. The van der Waals surface area contributed by atoms with Crippen LogP contribution in [-0.2, 0) is 10.0 Å². The minimum Gasteiger partial charge on any atom is -0.478 e. The van der Waals surface area contributed by atoms with Crippen LogP contribution in [0.25, 0.3) is 0 Å². The average Bonchev–Trinajstić information content (AvgIpc) is 2.46. The molecule has 8 heteroatoms. The van der Waals surface area contributed by atoms with E-state index in [0.29, 0.717) is 24.9 Å². The van der Waals surface area contributed by atoms with Crippen molar-refractivity contribution < 1.29 is 23.1 Å². The van der Waals surface area contributed by atoms with Gasteiger partial charge in [-0.3, -0.25) is 4.79 Å². The number of carbonyl (C=O) groups is 2. The van der Waals surface area contributed by atoms with E-state index < -0.39 is 21.9 Å². The van der Waals surface area contributed by atoms with Crippen LogP contribution in [0.5, 0.6) is 0 Å². The lowest BCUT2D eigenvalue weighted by molar-refractivity contribution is 0.0696. The molecule has 1 saturated heterocycles. The lowest BCUT2D eigenvalue weighted by Gasteiger charge is -2.31. The number of carbonyl (C=O) groups excluding carboxylic acids is 1.